The smallest absolute Gasteiger partial charge is 0.262 e. The molecular formula is C22H20ClN3O3S. The molecule has 0 spiro atoms. The van der Waals surface area contributed by atoms with Crippen molar-refractivity contribution in [2.24, 2.45) is 7.05 Å². The first-order valence-corrected chi connectivity index (χ1v) is 10.7. The lowest BCUT2D eigenvalue weighted by Gasteiger charge is -2.12. The van der Waals surface area contributed by atoms with Gasteiger partial charge < -0.3 is 8.98 Å². The number of furan rings is 1. The standard InChI is InChI=1S/C22H20ClN3O3S/c1-13-9-18(14(2)25(13)3)20(27)12-30-22-24-19-10-15(23)6-7-17(19)21(28)26(22)11-16-5-4-8-29-16/h4-10H,11-12H2,1-3H3. The molecule has 0 aliphatic heterocycles. The molecular weight excluding hydrogens is 422 g/mol. The number of aryl methyl sites for hydroxylation is 1. The number of fused-ring (bicyclic) bond motifs is 1. The highest BCUT2D eigenvalue weighted by molar-refractivity contribution is 7.99. The van der Waals surface area contributed by atoms with Crippen molar-refractivity contribution < 1.29 is 9.21 Å². The number of ketones is 1. The van der Waals surface area contributed by atoms with Gasteiger partial charge in [-0.3, -0.25) is 14.2 Å². The summed E-state index contributed by atoms with van der Waals surface area (Å²) in [6, 6.07) is 10.5. The molecule has 3 aromatic heterocycles. The Hall–Kier alpha value is -2.77. The molecule has 0 saturated heterocycles. The molecule has 0 bridgehead atoms. The Kier molecular flexibility index (Phi) is 5.58. The third kappa shape index (κ3) is 3.82. The van der Waals surface area contributed by atoms with Crippen molar-refractivity contribution in [3.05, 3.63) is 80.7 Å². The van der Waals surface area contributed by atoms with Gasteiger partial charge in [0.05, 0.1) is 29.5 Å². The van der Waals surface area contributed by atoms with Crippen molar-refractivity contribution in [1.29, 1.82) is 0 Å². The maximum absolute atomic E-state index is 13.1. The van der Waals surface area contributed by atoms with E-state index >= 15 is 0 Å². The van der Waals surface area contributed by atoms with Crippen LogP contribution in [-0.2, 0) is 13.6 Å². The minimum atomic E-state index is -0.199. The zero-order valence-corrected chi connectivity index (χ0v) is 18.4. The third-order valence-electron chi connectivity index (χ3n) is 5.18. The number of carbonyl (C=O) groups is 1. The van der Waals surface area contributed by atoms with E-state index in [1.807, 2.05) is 31.5 Å². The first-order valence-electron chi connectivity index (χ1n) is 9.36. The Morgan fingerprint density at radius 2 is 2.03 bits per heavy atom. The van der Waals surface area contributed by atoms with Crippen molar-refractivity contribution in [2.45, 2.75) is 25.5 Å². The van der Waals surface area contributed by atoms with E-state index in [0.717, 1.165) is 11.4 Å². The van der Waals surface area contributed by atoms with Gasteiger partial charge in [0.2, 0.25) is 0 Å². The molecule has 8 heteroatoms. The Bertz CT molecular complexity index is 1310. The predicted octanol–water partition coefficient (Wildman–Crippen LogP) is 4.62. The van der Waals surface area contributed by atoms with Crippen LogP contribution in [-0.4, -0.2) is 25.7 Å². The number of rotatable bonds is 6. The first kappa shape index (κ1) is 20.5. The maximum atomic E-state index is 13.1. The molecule has 0 N–H and O–H groups in total. The maximum Gasteiger partial charge on any atom is 0.262 e. The van der Waals surface area contributed by atoms with E-state index < -0.39 is 0 Å². The average Bonchev–Trinajstić information content (AvgIpc) is 3.32. The van der Waals surface area contributed by atoms with Gasteiger partial charge in [-0.2, -0.15) is 0 Å². The van der Waals surface area contributed by atoms with Crippen LogP contribution in [0.1, 0.15) is 27.5 Å². The van der Waals surface area contributed by atoms with Crippen LogP contribution in [0.25, 0.3) is 10.9 Å². The van der Waals surface area contributed by atoms with Gasteiger partial charge in [0, 0.05) is 29.0 Å². The Balaban J connectivity index is 1.71. The molecule has 154 valence electrons. The molecule has 0 amide bonds. The fraction of sp³-hybridized carbons (Fsp3) is 0.227. The normalized spacial score (nSPS) is 11.3. The monoisotopic (exact) mass is 441 g/mol. The summed E-state index contributed by atoms with van der Waals surface area (Å²) in [6.45, 7) is 4.12. The number of carbonyl (C=O) groups excluding carboxylic acids is 1. The van der Waals surface area contributed by atoms with E-state index in [4.69, 9.17) is 16.0 Å². The van der Waals surface area contributed by atoms with Gasteiger partial charge in [-0.15, -0.1) is 0 Å². The second-order valence-electron chi connectivity index (χ2n) is 7.08. The van der Waals surface area contributed by atoms with Crippen molar-refractivity contribution in [2.75, 3.05) is 5.75 Å². The summed E-state index contributed by atoms with van der Waals surface area (Å²) in [7, 11) is 1.93. The highest BCUT2D eigenvalue weighted by atomic mass is 35.5. The predicted molar refractivity (Wildman–Crippen MR) is 119 cm³/mol. The van der Waals surface area contributed by atoms with E-state index in [2.05, 4.69) is 4.98 Å². The number of hydrogen-bond acceptors (Lipinski definition) is 5. The van der Waals surface area contributed by atoms with Crippen molar-refractivity contribution in [1.82, 2.24) is 14.1 Å². The number of benzene rings is 1. The summed E-state index contributed by atoms with van der Waals surface area (Å²) in [4.78, 5) is 30.6. The largest absolute Gasteiger partial charge is 0.467 e. The minimum absolute atomic E-state index is 0.00816. The van der Waals surface area contributed by atoms with Gasteiger partial charge >= 0.3 is 0 Å². The topological polar surface area (TPSA) is 70.0 Å². The highest BCUT2D eigenvalue weighted by Crippen LogP contribution is 2.23. The van der Waals surface area contributed by atoms with Crippen LogP contribution in [0.3, 0.4) is 0 Å². The molecule has 3 heterocycles. The molecule has 4 aromatic rings. The lowest BCUT2D eigenvalue weighted by Crippen LogP contribution is -2.24. The minimum Gasteiger partial charge on any atom is -0.467 e. The second kappa shape index (κ2) is 8.16. The molecule has 0 fully saturated rings. The number of thioether (sulfide) groups is 1. The summed E-state index contributed by atoms with van der Waals surface area (Å²) in [6.07, 6.45) is 1.56. The molecule has 4 rings (SSSR count). The molecule has 0 saturated carbocycles. The van der Waals surface area contributed by atoms with Gasteiger partial charge in [0.25, 0.3) is 5.56 Å². The summed E-state index contributed by atoms with van der Waals surface area (Å²) < 4.78 is 8.94. The molecule has 1 aromatic carbocycles. The van der Waals surface area contributed by atoms with Crippen LogP contribution in [0.5, 0.6) is 0 Å². The van der Waals surface area contributed by atoms with E-state index in [9.17, 15) is 9.59 Å². The molecule has 0 radical (unpaired) electrons. The van der Waals surface area contributed by atoms with Crippen LogP contribution < -0.4 is 5.56 Å². The lowest BCUT2D eigenvalue weighted by atomic mass is 10.2. The Labute approximate surface area is 182 Å². The molecule has 6 nitrogen and oxygen atoms in total. The zero-order chi connectivity index (χ0) is 21.4. The molecule has 0 unspecified atom stereocenters. The van der Waals surface area contributed by atoms with E-state index in [1.165, 1.54) is 16.3 Å². The van der Waals surface area contributed by atoms with Crippen LogP contribution in [0.15, 0.2) is 57.0 Å². The molecule has 0 aliphatic carbocycles. The van der Waals surface area contributed by atoms with Crippen LogP contribution in [0, 0.1) is 13.8 Å². The molecule has 0 atom stereocenters. The van der Waals surface area contributed by atoms with Gasteiger partial charge in [0.15, 0.2) is 10.9 Å². The van der Waals surface area contributed by atoms with Crippen molar-refractivity contribution in [3.63, 3.8) is 0 Å². The van der Waals surface area contributed by atoms with Crippen molar-refractivity contribution in [3.8, 4) is 0 Å². The van der Waals surface area contributed by atoms with Gasteiger partial charge in [-0.05, 0) is 50.2 Å². The van der Waals surface area contributed by atoms with Crippen LogP contribution in [0.2, 0.25) is 5.02 Å². The second-order valence-corrected chi connectivity index (χ2v) is 8.46. The van der Waals surface area contributed by atoms with Crippen LogP contribution in [0.4, 0.5) is 0 Å². The molecule has 0 aliphatic rings. The van der Waals surface area contributed by atoms with E-state index in [0.29, 0.717) is 32.4 Å². The summed E-state index contributed by atoms with van der Waals surface area (Å²) >= 11 is 7.33. The quantitative estimate of drug-likeness (QED) is 0.248. The lowest BCUT2D eigenvalue weighted by molar-refractivity contribution is 0.102. The van der Waals surface area contributed by atoms with Crippen molar-refractivity contribution >= 4 is 40.0 Å². The highest BCUT2D eigenvalue weighted by Gasteiger charge is 2.18. The average molecular weight is 442 g/mol. The van der Waals surface area contributed by atoms with Crippen LogP contribution >= 0.6 is 23.4 Å². The summed E-state index contributed by atoms with van der Waals surface area (Å²) in [5.41, 5.74) is 2.93. The molecule has 30 heavy (non-hydrogen) atoms. The fourth-order valence-corrected chi connectivity index (χ4v) is 4.38. The zero-order valence-electron chi connectivity index (χ0n) is 16.8. The third-order valence-corrected chi connectivity index (χ3v) is 6.40. The fourth-order valence-electron chi connectivity index (χ4n) is 3.33. The van der Waals surface area contributed by atoms with E-state index in [-0.39, 0.29) is 23.6 Å². The summed E-state index contributed by atoms with van der Waals surface area (Å²) in [5.74, 6) is 0.794. The van der Waals surface area contributed by atoms with Gasteiger partial charge in [-0.25, -0.2) is 4.98 Å². The SMILES string of the molecule is Cc1cc(C(=O)CSc2nc3cc(Cl)ccc3c(=O)n2Cc2ccco2)c(C)n1C. The Morgan fingerprint density at radius 3 is 2.70 bits per heavy atom. The first-order chi connectivity index (χ1) is 14.3. The number of hydrogen-bond donors (Lipinski definition) is 0. The van der Waals surface area contributed by atoms with E-state index in [1.54, 1.807) is 36.6 Å². The Morgan fingerprint density at radius 1 is 1.23 bits per heavy atom. The number of halogens is 1. The van der Waals surface area contributed by atoms with Gasteiger partial charge in [0.1, 0.15) is 5.76 Å². The number of aromatic nitrogens is 3. The summed E-state index contributed by atoms with van der Waals surface area (Å²) in [5, 5.41) is 1.42. The number of nitrogens with zero attached hydrogens (tertiary/aromatic N) is 3. The van der Waals surface area contributed by atoms with Gasteiger partial charge in [-0.1, -0.05) is 23.4 Å². The number of Topliss-reactive ketones (excluding diaryl/α,β-unsaturated/α-hetero) is 1.